The van der Waals surface area contributed by atoms with Crippen molar-refractivity contribution in [2.45, 2.75) is 13.8 Å². The Morgan fingerprint density at radius 1 is 1.07 bits per heavy atom. The van der Waals surface area contributed by atoms with Crippen molar-refractivity contribution in [3.63, 3.8) is 0 Å². The Hall–Kier alpha value is -3.06. The third-order valence-corrected chi connectivity index (χ3v) is 4.65. The maximum atomic E-state index is 12.2. The van der Waals surface area contributed by atoms with Gasteiger partial charge >= 0.3 is 0 Å². The van der Waals surface area contributed by atoms with Gasteiger partial charge in [-0.2, -0.15) is 4.99 Å². The SMILES string of the molecule is CCOc1ccc(/C=C2\SC(=NC(=O)c3ccccc3)NC2=O)cc1OCC. The highest BCUT2D eigenvalue weighted by Gasteiger charge is 2.25. The zero-order valence-corrected chi connectivity index (χ0v) is 16.4. The van der Waals surface area contributed by atoms with Crippen molar-refractivity contribution in [1.82, 2.24) is 5.32 Å². The van der Waals surface area contributed by atoms with Crippen molar-refractivity contribution < 1.29 is 19.1 Å². The number of ether oxygens (including phenoxy) is 2. The van der Waals surface area contributed by atoms with E-state index in [1.807, 2.05) is 38.1 Å². The van der Waals surface area contributed by atoms with Crippen molar-refractivity contribution in [3.05, 3.63) is 64.6 Å². The minimum absolute atomic E-state index is 0.265. The molecule has 6 nitrogen and oxygen atoms in total. The second kappa shape index (κ2) is 9.23. The number of aliphatic imine (C=N–C) groups is 1. The average Bonchev–Trinajstić information content (AvgIpc) is 3.03. The van der Waals surface area contributed by atoms with Crippen LogP contribution >= 0.6 is 11.8 Å². The molecule has 0 unspecified atom stereocenters. The summed E-state index contributed by atoms with van der Waals surface area (Å²) in [5.41, 5.74) is 1.26. The number of amides is 2. The second-order valence-electron chi connectivity index (χ2n) is 5.73. The standard InChI is InChI=1S/C21H20N2O4S/c1-3-26-16-11-10-14(12-17(16)27-4-2)13-18-20(25)23-21(28-18)22-19(24)15-8-6-5-7-9-15/h5-13H,3-4H2,1-2H3,(H,22,23,24,25)/b18-13-. The number of hydrogen-bond donors (Lipinski definition) is 1. The lowest BCUT2D eigenvalue weighted by atomic mass is 10.2. The summed E-state index contributed by atoms with van der Waals surface area (Å²) < 4.78 is 11.2. The number of benzene rings is 2. The van der Waals surface area contributed by atoms with Crippen molar-refractivity contribution in [2.24, 2.45) is 4.99 Å². The predicted molar refractivity (Wildman–Crippen MR) is 111 cm³/mol. The van der Waals surface area contributed by atoms with Crippen LogP contribution in [0.4, 0.5) is 0 Å². The van der Waals surface area contributed by atoms with Crippen LogP contribution in [0, 0.1) is 0 Å². The van der Waals surface area contributed by atoms with Gasteiger partial charge in [0.2, 0.25) is 0 Å². The average molecular weight is 396 g/mol. The van der Waals surface area contributed by atoms with Crippen molar-refractivity contribution in [3.8, 4) is 11.5 Å². The largest absolute Gasteiger partial charge is 0.490 e. The molecule has 0 saturated carbocycles. The van der Waals surface area contributed by atoms with Crippen molar-refractivity contribution in [1.29, 1.82) is 0 Å². The number of nitrogens with one attached hydrogen (secondary N) is 1. The maximum Gasteiger partial charge on any atom is 0.279 e. The van der Waals surface area contributed by atoms with Crippen LogP contribution in [0.25, 0.3) is 6.08 Å². The first-order valence-electron chi connectivity index (χ1n) is 8.89. The summed E-state index contributed by atoms with van der Waals surface area (Å²) in [6.07, 6.45) is 1.73. The molecule has 1 heterocycles. The van der Waals surface area contributed by atoms with Gasteiger partial charge in [-0.1, -0.05) is 24.3 Å². The Morgan fingerprint density at radius 2 is 1.79 bits per heavy atom. The van der Waals surface area contributed by atoms with Gasteiger partial charge in [0, 0.05) is 5.56 Å². The summed E-state index contributed by atoms with van der Waals surface area (Å²) in [5, 5.41) is 2.89. The van der Waals surface area contributed by atoms with Crippen LogP contribution in [-0.4, -0.2) is 30.2 Å². The Kier molecular flexibility index (Phi) is 6.49. The van der Waals surface area contributed by atoms with E-state index >= 15 is 0 Å². The monoisotopic (exact) mass is 396 g/mol. The fourth-order valence-electron chi connectivity index (χ4n) is 2.53. The predicted octanol–water partition coefficient (Wildman–Crippen LogP) is 3.88. The first kappa shape index (κ1) is 19.7. The first-order valence-corrected chi connectivity index (χ1v) is 9.71. The molecule has 7 heteroatoms. The molecule has 144 valence electrons. The van der Waals surface area contributed by atoms with E-state index in [-0.39, 0.29) is 11.1 Å². The number of amidine groups is 1. The molecule has 3 rings (SSSR count). The molecule has 2 aromatic carbocycles. The van der Waals surface area contributed by atoms with E-state index in [0.29, 0.717) is 35.2 Å². The molecule has 2 aromatic rings. The van der Waals surface area contributed by atoms with Crippen LogP contribution in [-0.2, 0) is 4.79 Å². The van der Waals surface area contributed by atoms with Gasteiger partial charge in [0.15, 0.2) is 16.7 Å². The number of nitrogens with zero attached hydrogens (tertiary/aromatic N) is 1. The van der Waals surface area contributed by atoms with E-state index in [1.165, 1.54) is 0 Å². The molecule has 0 radical (unpaired) electrons. The fraction of sp³-hybridized carbons (Fsp3) is 0.190. The van der Waals surface area contributed by atoms with Crippen LogP contribution in [0.1, 0.15) is 29.8 Å². The maximum absolute atomic E-state index is 12.2. The lowest BCUT2D eigenvalue weighted by Gasteiger charge is -2.11. The minimum atomic E-state index is -0.399. The highest BCUT2D eigenvalue weighted by molar-refractivity contribution is 8.18. The molecule has 0 aromatic heterocycles. The molecule has 2 amide bonds. The molecular weight excluding hydrogens is 376 g/mol. The highest BCUT2D eigenvalue weighted by atomic mass is 32.2. The molecule has 1 aliphatic rings. The zero-order chi connectivity index (χ0) is 19.9. The van der Waals surface area contributed by atoms with Gasteiger partial charge in [-0.05, 0) is 61.5 Å². The molecule has 0 aliphatic carbocycles. The van der Waals surface area contributed by atoms with E-state index in [4.69, 9.17) is 9.47 Å². The van der Waals surface area contributed by atoms with E-state index in [0.717, 1.165) is 17.3 Å². The van der Waals surface area contributed by atoms with Crippen LogP contribution in [0.15, 0.2) is 58.4 Å². The Morgan fingerprint density at radius 3 is 2.50 bits per heavy atom. The van der Waals surface area contributed by atoms with Crippen LogP contribution < -0.4 is 14.8 Å². The van der Waals surface area contributed by atoms with E-state index < -0.39 is 5.91 Å². The van der Waals surface area contributed by atoms with Crippen molar-refractivity contribution >= 4 is 34.8 Å². The first-order chi connectivity index (χ1) is 13.6. The molecule has 28 heavy (non-hydrogen) atoms. The molecule has 0 spiro atoms. The Bertz CT molecular complexity index is 939. The van der Waals surface area contributed by atoms with Gasteiger partial charge in [0.1, 0.15) is 0 Å². The van der Waals surface area contributed by atoms with E-state index in [1.54, 1.807) is 30.3 Å². The Labute approximate surface area is 167 Å². The number of carbonyl (C=O) groups is 2. The number of rotatable bonds is 6. The number of hydrogen-bond acceptors (Lipinski definition) is 5. The smallest absolute Gasteiger partial charge is 0.279 e. The fourth-order valence-corrected chi connectivity index (χ4v) is 3.35. The van der Waals surface area contributed by atoms with Crippen LogP contribution in [0.3, 0.4) is 0 Å². The lowest BCUT2D eigenvalue weighted by Crippen LogP contribution is -2.20. The molecule has 1 saturated heterocycles. The molecular formula is C21H20N2O4S. The summed E-state index contributed by atoms with van der Waals surface area (Å²) in [6, 6.07) is 14.2. The van der Waals surface area contributed by atoms with Gasteiger partial charge in [0.25, 0.3) is 11.8 Å². The normalized spacial score (nSPS) is 16.3. The zero-order valence-electron chi connectivity index (χ0n) is 15.6. The highest BCUT2D eigenvalue weighted by Crippen LogP contribution is 2.32. The summed E-state index contributed by atoms with van der Waals surface area (Å²) in [4.78, 5) is 28.9. The third kappa shape index (κ3) is 4.80. The second-order valence-corrected chi connectivity index (χ2v) is 6.76. The third-order valence-electron chi connectivity index (χ3n) is 3.74. The quantitative estimate of drug-likeness (QED) is 0.750. The molecule has 1 fully saturated rings. The molecule has 1 N–H and O–H groups in total. The topological polar surface area (TPSA) is 77.0 Å². The van der Waals surface area contributed by atoms with Crippen molar-refractivity contribution in [2.75, 3.05) is 13.2 Å². The summed E-state index contributed by atoms with van der Waals surface area (Å²) >= 11 is 1.13. The Balaban J connectivity index is 1.79. The van der Waals surface area contributed by atoms with E-state index in [2.05, 4.69) is 10.3 Å². The lowest BCUT2D eigenvalue weighted by molar-refractivity contribution is -0.115. The molecule has 1 aliphatic heterocycles. The van der Waals surface area contributed by atoms with Gasteiger partial charge in [0.05, 0.1) is 18.1 Å². The van der Waals surface area contributed by atoms with Crippen LogP contribution in [0.2, 0.25) is 0 Å². The van der Waals surface area contributed by atoms with E-state index in [9.17, 15) is 9.59 Å². The molecule has 0 bridgehead atoms. The van der Waals surface area contributed by atoms with Gasteiger partial charge in [-0.15, -0.1) is 0 Å². The summed E-state index contributed by atoms with van der Waals surface area (Å²) in [7, 11) is 0. The number of thioether (sulfide) groups is 1. The molecule has 0 atom stereocenters. The van der Waals surface area contributed by atoms with Gasteiger partial charge in [-0.25, -0.2) is 0 Å². The number of carbonyl (C=O) groups excluding carboxylic acids is 2. The van der Waals surface area contributed by atoms with Crippen LogP contribution in [0.5, 0.6) is 11.5 Å². The minimum Gasteiger partial charge on any atom is -0.490 e. The summed E-state index contributed by atoms with van der Waals surface area (Å²) in [5.74, 6) is 0.585. The van der Waals surface area contributed by atoms with Gasteiger partial charge in [-0.3, -0.25) is 9.59 Å². The summed E-state index contributed by atoms with van der Waals surface area (Å²) in [6.45, 7) is 4.85. The van der Waals surface area contributed by atoms with Gasteiger partial charge < -0.3 is 14.8 Å².